The van der Waals surface area contributed by atoms with Gasteiger partial charge >= 0.3 is 5.97 Å². The van der Waals surface area contributed by atoms with Gasteiger partial charge < -0.3 is 58.0 Å². The summed E-state index contributed by atoms with van der Waals surface area (Å²) in [4.78, 5) is 31.1. The molecule has 0 aromatic rings. The van der Waals surface area contributed by atoms with E-state index in [1.165, 1.54) is 0 Å². The maximum absolute atomic E-state index is 15.0. The molecule has 0 spiro atoms. The second-order valence-electron chi connectivity index (χ2n) is 18.1. The molecule has 0 amide bonds. The van der Waals surface area contributed by atoms with E-state index in [1.807, 2.05) is 20.8 Å². The van der Waals surface area contributed by atoms with Crippen LogP contribution in [0.3, 0.4) is 0 Å². The first-order valence-corrected chi connectivity index (χ1v) is 22.1. The molecular weight excluding hydrogens is 748 g/mol. The van der Waals surface area contributed by atoms with Crippen molar-refractivity contribution in [3.05, 3.63) is 11.6 Å². The zero-order chi connectivity index (χ0) is 41.8. The van der Waals surface area contributed by atoms with Crippen LogP contribution in [0.15, 0.2) is 11.6 Å². The first kappa shape index (κ1) is 46.0. The maximum Gasteiger partial charge on any atom is 0.306 e. The normalized spacial score (nSPS) is 45.1. The molecule has 0 bridgehead atoms. The van der Waals surface area contributed by atoms with Crippen molar-refractivity contribution in [1.82, 2.24) is 10.2 Å². The van der Waals surface area contributed by atoms with Crippen LogP contribution >= 0.6 is 0 Å². The van der Waals surface area contributed by atoms with Gasteiger partial charge in [0.05, 0.1) is 43.5 Å². The molecular formula is C44H74N2O12. The lowest BCUT2D eigenvalue weighted by Gasteiger charge is -2.47. The summed E-state index contributed by atoms with van der Waals surface area (Å²) in [5.41, 5.74) is 0.653. The Kier molecular flexibility index (Phi) is 16.3. The molecule has 3 saturated heterocycles. The molecule has 2 saturated carbocycles. The number of rotatable bonds is 13. The predicted octanol–water partition coefficient (Wildman–Crippen LogP) is 3.90. The fraction of sp³-hybridized carbons (Fsp3) is 0.909. The third kappa shape index (κ3) is 9.72. The number of ketones is 1. The topological polar surface area (TPSA) is 153 Å². The molecule has 19 atom stereocenters. The number of likely N-dealkylation sites (N-methyl/N-ethyl adjacent to an activating group) is 1. The lowest BCUT2D eigenvalue weighted by molar-refractivity contribution is -0.314. The largest absolute Gasteiger partial charge is 0.462 e. The van der Waals surface area contributed by atoms with E-state index in [9.17, 15) is 9.90 Å². The van der Waals surface area contributed by atoms with Crippen molar-refractivity contribution in [2.24, 2.45) is 35.5 Å². The van der Waals surface area contributed by atoms with Crippen LogP contribution in [0.5, 0.6) is 0 Å². The highest BCUT2D eigenvalue weighted by Gasteiger charge is 2.59. The van der Waals surface area contributed by atoms with Crippen molar-refractivity contribution in [3.63, 3.8) is 0 Å². The van der Waals surface area contributed by atoms with E-state index < -0.39 is 48.8 Å². The molecule has 5 fully saturated rings. The average molecular weight is 823 g/mol. The van der Waals surface area contributed by atoms with E-state index in [0.29, 0.717) is 56.9 Å². The number of carbonyl (C=O) groups excluding carboxylic acids is 2. The Morgan fingerprint density at radius 3 is 2.26 bits per heavy atom. The van der Waals surface area contributed by atoms with Gasteiger partial charge in [-0.15, -0.1) is 0 Å². The molecule has 0 aromatic heterocycles. The first-order chi connectivity index (χ1) is 27.8. The fourth-order valence-corrected chi connectivity index (χ4v) is 11.6. The minimum atomic E-state index is -0.751. The van der Waals surface area contributed by atoms with Crippen LogP contribution in [0.1, 0.15) is 85.5 Å². The van der Waals surface area contributed by atoms with Gasteiger partial charge in [0, 0.05) is 58.9 Å². The lowest BCUT2D eigenvalue weighted by atomic mass is 9.62. The molecule has 6 aliphatic rings. The molecule has 3 heterocycles. The highest BCUT2D eigenvalue weighted by molar-refractivity contribution is 5.99. The summed E-state index contributed by atoms with van der Waals surface area (Å²) >= 11 is 0. The number of aliphatic hydroxyl groups is 1. The number of allylic oxidation sites excluding steroid dienone is 2. The molecule has 3 unspecified atom stereocenters. The number of Topliss-reactive ketones (excluding diaryl/α,β-unsaturated/α-hetero) is 1. The van der Waals surface area contributed by atoms with E-state index >= 15 is 4.79 Å². The monoisotopic (exact) mass is 823 g/mol. The van der Waals surface area contributed by atoms with Gasteiger partial charge in [0.25, 0.3) is 0 Å². The Labute approximate surface area is 346 Å². The van der Waals surface area contributed by atoms with Gasteiger partial charge in [0.1, 0.15) is 24.4 Å². The van der Waals surface area contributed by atoms with E-state index in [-0.39, 0.29) is 78.5 Å². The Morgan fingerprint density at radius 2 is 1.60 bits per heavy atom. The molecule has 14 heteroatoms. The van der Waals surface area contributed by atoms with Gasteiger partial charge in [-0.3, -0.25) is 9.59 Å². The van der Waals surface area contributed by atoms with Crippen molar-refractivity contribution in [2.45, 2.75) is 165 Å². The number of aliphatic hydroxyl groups excluding tert-OH is 1. The number of nitrogens with zero attached hydrogens (tertiary/aromatic N) is 1. The second-order valence-corrected chi connectivity index (χ2v) is 18.1. The van der Waals surface area contributed by atoms with Crippen molar-refractivity contribution in [2.75, 3.05) is 55.7 Å². The number of fused-ring (bicyclic) bond motifs is 5. The highest BCUT2D eigenvalue weighted by atomic mass is 16.7. The van der Waals surface area contributed by atoms with Crippen molar-refractivity contribution in [1.29, 1.82) is 0 Å². The second kappa shape index (κ2) is 20.5. The number of hydrogen-bond donors (Lipinski definition) is 2. The van der Waals surface area contributed by atoms with Gasteiger partial charge in [-0.2, -0.15) is 0 Å². The molecule has 3 aliphatic carbocycles. The summed E-state index contributed by atoms with van der Waals surface area (Å²) in [7, 11) is 10.7. The van der Waals surface area contributed by atoms with Gasteiger partial charge in [-0.1, -0.05) is 19.9 Å². The average Bonchev–Trinajstić information content (AvgIpc) is 3.78. The van der Waals surface area contributed by atoms with E-state index in [2.05, 4.69) is 37.3 Å². The van der Waals surface area contributed by atoms with Crippen LogP contribution in [0.4, 0.5) is 0 Å². The number of nitrogens with one attached hydrogen (secondary N) is 1. The molecule has 0 radical (unpaired) electrons. The number of methoxy groups -OCH3 is 4. The standard InChI is InChI=1S/C44H74N2O12/c1-11-26-13-12-14-34(58-36-16-15-33(46(5)6)24(3)54-36)23(2)39(48)32-21-29-28-19-27(57-44-43(53-10)42(52-9)41(51-8)25(4)55-44)20-31(28)40(49)38(45-17-18-50-7)37(29)30(32)22-35(47)56-26/h21,23-31,33-34,36-38,40-45,49H,11-20,22H2,1-10H3/t23-,24?,25?,26+,27+,28+,29+,30-,31-,33+,34+,36+,37-,38-,40-,41+,42?,43+,44+/m1/s1. The smallest absolute Gasteiger partial charge is 0.306 e. The Bertz CT molecular complexity index is 1380. The highest BCUT2D eigenvalue weighted by Crippen LogP contribution is 2.57. The van der Waals surface area contributed by atoms with Gasteiger partial charge in [0.15, 0.2) is 18.4 Å². The first-order valence-electron chi connectivity index (χ1n) is 22.1. The van der Waals surface area contributed by atoms with E-state index in [4.69, 9.17) is 42.6 Å². The minimum Gasteiger partial charge on any atom is -0.462 e. The summed E-state index contributed by atoms with van der Waals surface area (Å²) in [5.74, 6) is -1.63. The van der Waals surface area contributed by atoms with Crippen molar-refractivity contribution in [3.8, 4) is 0 Å². The minimum absolute atomic E-state index is 0.00166. The van der Waals surface area contributed by atoms with Crippen LogP contribution in [0.2, 0.25) is 0 Å². The molecule has 0 aromatic carbocycles. The summed E-state index contributed by atoms with van der Waals surface area (Å²) in [5, 5.41) is 16.0. The molecule has 6 rings (SSSR count). The Morgan fingerprint density at radius 1 is 0.879 bits per heavy atom. The van der Waals surface area contributed by atoms with Gasteiger partial charge in [-0.05, 0) is 109 Å². The van der Waals surface area contributed by atoms with Crippen LogP contribution in [-0.4, -0.2) is 157 Å². The summed E-state index contributed by atoms with van der Waals surface area (Å²) < 4.78 is 55.3. The van der Waals surface area contributed by atoms with Crippen molar-refractivity contribution >= 4 is 11.8 Å². The number of esters is 1. The molecule has 14 nitrogen and oxygen atoms in total. The quantitative estimate of drug-likeness (QED) is 0.204. The molecule has 3 aliphatic heterocycles. The van der Waals surface area contributed by atoms with Crippen LogP contribution < -0.4 is 5.32 Å². The summed E-state index contributed by atoms with van der Waals surface area (Å²) in [6.45, 7) is 9.03. The zero-order valence-corrected chi connectivity index (χ0v) is 36.7. The number of carbonyl (C=O) groups is 2. The third-order valence-corrected chi connectivity index (χ3v) is 14.6. The van der Waals surface area contributed by atoms with Gasteiger partial charge in [0.2, 0.25) is 0 Å². The Hall–Kier alpha value is -1.56. The Balaban J connectivity index is 1.30. The number of cyclic esters (lactones) is 1. The molecule has 332 valence electrons. The molecule has 58 heavy (non-hydrogen) atoms. The van der Waals surface area contributed by atoms with Crippen molar-refractivity contribution < 1.29 is 57.3 Å². The van der Waals surface area contributed by atoms with Crippen LogP contribution in [0, 0.1) is 35.5 Å². The van der Waals surface area contributed by atoms with Gasteiger partial charge in [-0.25, -0.2) is 0 Å². The molecule has 2 N–H and O–H groups in total. The van der Waals surface area contributed by atoms with E-state index in [1.54, 1.807) is 28.4 Å². The third-order valence-electron chi connectivity index (χ3n) is 14.6. The van der Waals surface area contributed by atoms with Crippen LogP contribution in [0.25, 0.3) is 0 Å². The summed E-state index contributed by atoms with van der Waals surface area (Å²) in [6, 6.07) is -0.0878. The predicted molar refractivity (Wildman–Crippen MR) is 215 cm³/mol. The fourth-order valence-electron chi connectivity index (χ4n) is 11.6. The SMILES string of the molecule is CC[C@H]1CCC[C@H](O[C@H]2CC[C@H](N(C)C)C(C)O2)[C@@H](C)C(=O)C2=C[C@H]3[C@@H]4C[C@H](O[C@@H]5OC(C)[C@H](OC)C(OC)[C@@H]5OC)C[C@H]4[C@@H](O)[C@H](NCCOC)[C@H]3[C@@H]2CC(=O)O1. The number of ether oxygens (including phenoxy) is 9. The summed E-state index contributed by atoms with van der Waals surface area (Å²) in [6.07, 6.45) is 3.77. The maximum atomic E-state index is 15.0. The number of hydrogen-bond acceptors (Lipinski definition) is 14. The lowest BCUT2D eigenvalue weighted by Crippen LogP contribution is -2.59. The van der Waals surface area contributed by atoms with Crippen LogP contribution in [-0.2, 0) is 52.2 Å². The zero-order valence-electron chi connectivity index (χ0n) is 36.7. The van der Waals surface area contributed by atoms with E-state index in [0.717, 1.165) is 19.3 Å².